The second-order valence-electron chi connectivity index (χ2n) is 29.6. The predicted octanol–water partition coefficient (Wildman–Crippen LogP) is 15.6. The van der Waals surface area contributed by atoms with Gasteiger partial charge in [-0.15, -0.1) is 0 Å². The molecule has 0 saturated carbocycles. The molecule has 6 aromatic heterocycles. The highest BCUT2D eigenvalue weighted by molar-refractivity contribution is 6.02. The number of piperidine rings is 3. The summed E-state index contributed by atoms with van der Waals surface area (Å²) in [5.74, 6) is -0.505. The number of halogens is 7. The summed E-state index contributed by atoms with van der Waals surface area (Å²) in [6.07, 6.45) is 5.75. The molecule has 0 radical (unpaired) electrons. The first-order valence-corrected chi connectivity index (χ1v) is 38.5. The van der Waals surface area contributed by atoms with Crippen LogP contribution < -0.4 is 17.2 Å². The van der Waals surface area contributed by atoms with Gasteiger partial charge in [0, 0.05) is 85.4 Å². The molecule has 0 unspecified atom stereocenters. The Morgan fingerprint density at radius 1 is 0.475 bits per heavy atom. The monoisotopic (exact) mass is 1610 g/mol. The Balaban J connectivity index is 0.000000154. The van der Waals surface area contributed by atoms with Crippen molar-refractivity contribution in [1.29, 1.82) is 5.26 Å². The highest BCUT2D eigenvalue weighted by Gasteiger charge is 2.38. The van der Waals surface area contributed by atoms with Crippen LogP contribution in [0.25, 0.3) is 66.9 Å². The minimum absolute atomic E-state index is 0.0105. The number of nitrogens with zero attached hydrogens (tertiary/aromatic N) is 16. The molecule has 0 spiro atoms. The maximum Gasteiger partial charge on any atom is 0.416 e. The fraction of sp³-hybridized carbons (Fsp3) is 0.299. The molecule has 6 aromatic carbocycles. The van der Waals surface area contributed by atoms with Crippen LogP contribution >= 0.6 is 0 Å². The average molecular weight is 1610 g/mol. The minimum Gasteiger partial charge on any atom is -0.383 e. The number of rotatable bonds is 20. The average Bonchev–Trinajstić information content (AvgIpc) is 1.62. The Bertz CT molecular complexity index is 5820. The van der Waals surface area contributed by atoms with E-state index in [1.165, 1.54) is 43.3 Å². The molecule has 31 heteroatoms. The fourth-order valence-corrected chi connectivity index (χ4v) is 15.4. The topological polar surface area (TPSA) is 328 Å². The Morgan fingerprint density at radius 2 is 0.864 bits per heavy atom. The Morgan fingerprint density at radius 3 is 1.25 bits per heavy atom. The van der Waals surface area contributed by atoms with Crippen molar-refractivity contribution >= 4 is 79.7 Å². The van der Waals surface area contributed by atoms with E-state index in [-0.39, 0.29) is 66.2 Å². The first kappa shape index (κ1) is 82.6. The van der Waals surface area contributed by atoms with Crippen molar-refractivity contribution in [3.05, 3.63) is 239 Å². The molecule has 6 N–H and O–H groups in total. The minimum atomic E-state index is -5.04. The molecule has 118 heavy (non-hydrogen) atoms. The number of hydrogen-bond acceptors (Lipinski definition) is 19. The number of aromatic nitrogens is 12. The van der Waals surface area contributed by atoms with E-state index in [1.807, 2.05) is 96.9 Å². The van der Waals surface area contributed by atoms with Crippen molar-refractivity contribution in [2.75, 3.05) is 56.5 Å². The van der Waals surface area contributed by atoms with Crippen molar-refractivity contribution in [3.63, 3.8) is 0 Å². The summed E-state index contributed by atoms with van der Waals surface area (Å²) >= 11 is 0. The van der Waals surface area contributed by atoms with E-state index in [2.05, 4.69) is 49.3 Å². The number of carbonyl (C=O) groups excluding carboxylic acids is 5. The SMILES string of the molecule is C=CC(=O)N1CCC[C@@H](n2nc(-c3ccc(CCC(=O)c4cc(C(F)(F)F)cc(C(F)(F)F)c4)cc3)c3c(N)ncnc32)C1.C=CC(=O)N1CCC[C@@H](n2nc(-c3ccc(CCC(=O)c4ccc(C)cc4C)cc3)c3c(N)ncnc32)C1.Cc1ccc(F)cc1C(=O)CCc1ccc(-c2nn([C@@H]3CCCN(C#N)C3)c3ncnc(N)c23)cc1. The number of likely N-dealkylation sites (tertiary alicyclic amines) is 3. The van der Waals surface area contributed by atoms with E-state index in [0.717, 1.165) is 89.6 Å². The van der Waals surface area contributed by atoms with Gasteiger partial charge in [0.2, 0.25) is 11.8 Å². The third kappa shape index (κ3) is 18.4. The number of anilines is 3. The number of ketones is 3. The number of amides is 2. The van der Waals surface area contributed by atoms with Gasteiger partial charge in [0.1, 0.15) is 59.3 Å². The van der Waals surface area contributed by atoms with Gasteiger partial charge < -0.3 is 31.9 Å². The number of nitriles is 1. The van der Waals surface area contributed by atoms with Crippen LogP contribution in [0.1, 0.15) is 151 Å². The molecule has 9 heterocycles. The first-order valence-electron chi connectivity index (χ1n) is 38.5. The Hall–Kier alpha value is -13.4. The van der Waals surface area contributed by atoms with Crippen molar-refractivity contribution in [2.24, 2.45) is 0 Å². The van der Waals surface area contributed by atoms with Crippen molar-refractivity contribution < 1.29 is 54.7 Å². The van der Waals surface area contributed by atoms with Gasteiger partial charge in [-0.05, 0) is 149 Å². The molecule has 24 nitrogen and oxygen atoms in total. The van der Waals surface area contributed by atoms with E-state index in [1.54, 1.807) is 49.7 Å². The second-order valence-corrected chi connectivity index (χ2v) is 29.6. The van der Waals surface area contributed by atoms with Crippen LogP contribution in [0.15, 0.2) is 172 Å². The number of Topliss-reactive ketones (excluding diaryl/α,β-unsaturated/α-hetero) is 3. The van der Waals surface area contributed by atoms with Crippen LogP contribution in [0, 0.1) is 38.0 Å². The molecule has 3 fully saturated rings. The normalized spacial score (nSPS) is 15.7. The van der Waals surface area contributed by atoms with Gasteiger partial charge in [-0.1, -0.05) is 116 Å². The van der Waals surface area contributed by atoms with E-state index in [4.69, 9.17) is 32.5 Å². The molecule has 2 amide bonds. The second kappa shape index (κ2) is 35.4. The first-order chi connectivity index (χ1) is 56.5. The number of benzene rings is 6. The number of hydrogen-bond donors (Lipinski definition) is 3. The predicted molar refractivity (Wildman–Crippen MR) is 433 cm³/mol. The van der Waals surface area contributed by atoms with Gasteiger partial charge >= 0.3 is 12.4 Å². The quantitative estimate of drug-likeness (QED) is 0.0276. The summed E-state index contributed by atoms with van der Waals surface area (Å²) in [5, 5.41) is 25.9. The lowest BCUT2D eigenvalue weighted by molar-refractivity contribution is -0.143. The van der Waals surface area contributed by atoms with Crippen LogP contribution in [0.5, 0.6) is 0 Å². The summed E-state index contributed by atoms with van der Waals surface area (Å²) < 4.78 is 98.3. The summed E-state index contributed by atoms with van der Waals surface area (Å²) in [7, 11) is 0. The van der Waals surface area contributed by atoms with Gasteiger partial charge in [0.25, 0.3) is 0 Å². The lowest BCUT2D eigenvalue weighted by Crippen LogP contribution is -2.40. The smallest absolute Gasteiger partial charge is 0.383 e. The van der Waals surface area contributed by atoms with Crippen LogP contribution in [0.3, 0.4) is 0 Å². The number of nitrogens with two attached hydrogens (primary N) is 3. The Labute approximate surface area is 673 Å². The number of fused-ring (bicyclic) bond motifs is 3. The van der Waals surface area contributed by atoms with Crippen LogP contribution in [0.2, 0.25) is 0 Å². The molecule has 606 valence electrons. The number of nitrogen functional groups attached to an aromatic ring is 3. The molecule has 3 aliphatic rings. The lowest BCUT2D eigenvalue weighted by Gasteiger charge is -2.32. The summed E-state index contributed by atoms with van der Waals surface area (Å²) in [6, 6.07) is 33.6. The van der Waals surface area contributed by atoms with E-state index < -0.39 is 40.6 Å². The molecule has 0 bridgehead atoms. The molecular weight excluding hydrogens is 1520 g/mol. The molecule has 0 aliphatic carbocycles. The third-order valence-electron chi connectivity index (χ3n) is 21.6. The highest BCUT2D eigenvalue weighted by Crippen LogP contribution is 2.41. The largest absolute Gasteiger partial charge is 0.416 e. The molecule has 3 aliphatic heterocycles. The number of alkyl halides is 6. The molecular formula is C87H84F7N19O5. The van der Waals surface area contributed by atoms with E-state index in [9.17, 15) is 60.0 Å². The van der Waals surface area contributed by atoms with Crippen molar-refractivity contribution in [3.8, 4) is 40.0 Å². The van der Waals surface area contributed by atoms with E-state index >= 15 is 0 Å². The third-order valence-corrected chi connectivity index (χ3v) is 21.6. The van der Waals surface area contributed by atoms with Gasteiger partial charge in [0.15, 0.2) is 40.5 Å². The van der Waals surface area contributed by atoms with Crippen LogP contribution in [-0.4, -0.2) is 142 Å². The number of carbonyl (C=O) groups is 5. The summed E-state index contributed by atoms with van der Waals surface area (Å²) in [4.78, 5) is 93.7. The van der Waals surface area contributed by atoms with E-state index in [0.29, 0.717) is 149 Å². The zero-order valence-electron chi connectivity index (χ0n) is 65.0. The molecule has 15 rings (SSSR count). The van der Waals surface area contributed by atoms with Gasteiger partial charge in [-0.25, -0.2) is 48.3 Å². The van der Waals surface area contributed by atoms with Crippen molar-refractivity contribution in [1.82, 2.24) is 73.9 Å². The summed E-state index contributed by atoms with van der Waals surface area (Å²) in [5.41, 5.74) is 28.0. The zero-order chi connectivity index (χ0) is 83.9. The summed E-state index contributed by atoms with van der Waals surface area (Å²) in [6.45, 7) is 16.6. The molecule has 12 aromatic rings. The maximum atomic E-state index is 13.6. The zero-order valence-corrected chi connectivity index (χ0v) is 65.0. The van der Waals surface area contributed by atoms with Crippen LogP contribution in [-0.2, 0) is 41.2 Å². The van der Waals surface area contributed by atoms with Crippen LogP contribution in [0.4, 0.5) is 48.2 Å². The molecule has 3 atom stereocenters. The molecule has 3 saturated heterocycles. The number of aryl methyl sites for hydroxylation is 6. The fourth-order valence-electron chi connectivity index (χ4n) is 15.4. The van der Waals surface area contributed by atoms with Gasteiger partial charge in [0.05, 0.1) is 52.0 Å². The maximum absolute atomic E-state index is 13.6. The highest BCUT2D eigenvalue weighted by atomic mass is 19.4. The van der Waals surface area contributed by atoms with Crippen molar-refractivity contribution in [2.45, 2.75) is 128 Å². The standard InChI is InChI=1S/C30H26F6N6O2.C30H32N6O2.C27H26FN7O/c1-2-24(44)41-11-3-4-22(15-41)42-28-25(27(37)38-16-39-28)26(40-42)18-8-5-17(6-9-18)7-10-23(43)19-12-20(29(31,32)33)14-21(13-19)30(34,35)36;1-4-26(38)35-15-5-6-23(17-35)36-30-27(29(31)32-18-33-30)28(34-36)22-11-8-21(9-12-22)10-14-25(37)24-13-7-19(2)16-20(24)3;1-17-4-10-20(28)13-22(17)23(36)11-7-18-5-8-19(9-6-18)25-24-26(30)31-16-32-27(24)35(33-25)21-3-2-12-34(14-21)15-29/h2,5-6,8-9,12-14,16,22H,1,3-4,7,10-11,15H2,(H2,37,38,39);4,7-9,11-13,16,18,23H,1,5-6,10,14-15,17H2,2-3H3,(H2,31,32,33);4-6,8-10,13,16,21H,2-3,7,11-12,14H2,1H3,(H2,30,31,32)/t22-;23-;21-/m111/s1. The van der Waals surface area contributed by atoms with Gasteiger partial charge in [-0.2, -0.15) is 46.9 Å². The van der Waals surface area contributed by atoms with Gasteiger partial charge in [-0.3, -0.25) is 24.0 Å². The lowest BCUT2D eigenvalue weighted by atomic mass is 9.97. The Kier molecular flexibility index (Phi) is 24.8.